The molecule has 1 N–H and O–H groups in total. The van der Waals surface area contributed by atoms with E-state index in [0.29, 0.717) is 5.75 Å². The molecule has 1 aliphatic heterocycles. The van der Waals surface area contributed by atoms with Crippen molar-refractivity contribution < 1.29 is 14.6 Å². The fraction of sp³-hybridized carbons (Fsp3) is 0.667. The van der Waals surface area contributed by atoms with Crippen LogP contribution in [0.25, 0.3) is 0 Å². The molecule has 2 atom stereocenters. The summed E-state index contributed by atoms with van der Waals surface area (Å²) in [6, 6.07) is 1.85. The van der Waals surface area contributed by atoms with Gasteiger partial charge in [-0.15, -0.1) is 0 Å². The molecule has 1 saturated carbocycles. The lowest BCUT2D eigenvalue weighted by Gasteiger charge is -2.48. The van der Waals surface area contributed by atoms with E-state index in [4.69, 9.17) is 9.47 Å². The molecule has 0 aromatic carbocycles. The van der Waals surface area contributed by atoms with E-state index in [1.807, 2.05) is 6.07 Å². The average Bonchev–Trinajstić information content (AvgIpc) is 2.45. The van der Waals surface area contributed by atoms with Gasteiger partial charge in [0, 0.05) is 18.4 Å². The molecular formula is C15H21NO3. The third kappa shape index (κ3) is 2.35. The molecule has 2 aliphatic rings. The van der Waals surface area contributed by atoms with E-state index in [-0.39, 0.29) is 11.5 Å². The fourth-order valence-corrected chi connectivity index (χ4v) is 3.31. The van der Waals surface area contributed by atoms with Crippen LogP contribution < -0.4 is 4.74 Å². The number of aliphatic hydroxyl groups excluding tert-OH is 1. The summed E-state index contributed by atoms with van der Waals surface area (Å²) >= 11 is 0. The van der Waals surface area contributed by atoms with Crippen molar-refractivity contribution in [3.63, 3.8) is 0 Å². The molecule has 1 aliphatic carbocycles. The Labute approximate surface area is 113 Å². The summed E-state index contributed by atoms with van der Waals surface area (Å²) in [5.41, 5.74) is 0.906. The molecular weight excluding hydrogens is 242 g/mol. The number of nitrogens with zero attached hydrogens (tertiary/aromatic N) is 1. The summed E-state index contributed by atoms with van der Waals surface area (Å²) in [5.74, 6) is 0.925. The highest BCUT2D eigenvalue weighted by molar-refractivity contribution is 5.32. The normalized spacial score (nSPS) is 26.7. The van der Waals surface area contributed by atoms with Gasteiger partial charge in [0.2, 0.25) is 0 Å². The highest BCUT2D eigenvalue weighted by Gasteiger charge is 2.44. The van der Waals surface area contributed by atoms with Crippen molar-refractivity contribution in [2.45, 2.75) is 43.8 Å². The molecule has 1 aromatic heterocycles. The van der Waals surface area contributed by atoms with Gasteiger partial charge in [-0.1, -0.05) is 0 Å². The molecule has 3 rings (SSSR count). The predicted octanol–water partition coefficient (Wildman–Crippen LogP) is 2.47. The predicted molar refractivity (Wildman–Crippen MR) is 71.0 cm³/mol. The zero-order chi connectivity index (χ0) is 13.3. The quantitative estimate of drug-likeness (QED) is 0.910. The molecule has 104 valence electrons. The van der Waals surface area contributed by atoms with Crippen LogP contribution in [-0.4, -0.2) is 29.4 Å². The van der Waals surface area contributed by atoms with Crippen molar-refractivity contribution in [2.24, 2.45) is 5.92 Å². The van der Waals surface area contributed by atoms with E-state index in [9.17, 15) is 5.11 Å². The second-order valence-electron chi connectivity index (χ2n) is 5.70. The lowest BCUT2D eigenvalue weighted by atomic mass is 9.70. The van der Waals surface area contributed by atoms with Crippen molar-refractivity contribution in [3.8, 4) is 5.75 Å². The number of hydrogen-bond acceptors (Lipinski definition) is 4. The van der Waals surface area contributed by atoms with Crippen LogP contribution in [0.15, 0.2) is 18.5 Å². The first-order valence-electron chi connectivity index (χ1n) is 7.04. The highest BCUT2D eigenvalue weighted by atomic mass is 16.5. The maximum Gasteiger partial charge on any atom is 0.142 e. The van der Waals surface area contributed by atoms with Crippen LogP contribution in [0.3, 0.4) is 0 Å². The lowest BCUT2D eigenvalue weighted by molar-refractivity contribution is -0.157. The number of methoxy groups -OCH3 is 1. The van der Waals surface area contributed by atoms with Gasteiger partial charge in [0.15, 0.2) is 0 Å². The Kier molecular flexibility index (Phi) is 3.46. The standard InChI is InChI=1S/C15H21NO3/c1-18-13-10-16-7-3-12(13)14(17)11-4-8-19-15(9-11)5-2-6-15/h3,7,10-11,14,17H,2,4-6,8-9H2,1H3. The smallest absolute Gasteiger partial charge is 0.142 e. The molecule has 2 fully saturated rings. The van der Waals surface area contributed by atoms with E-state index in [1.54, 1.807) is 19.5 Å². The molecule has 0 radical (unpaired) electrons. The number of rotatable bonds is 3. The number of aromatic nitrogens is 1. The van der Waals surface area contributed by atoms with Gasteiger partial charge in [0.25, 0.3) is 0 Å². The van der Waals surface area contributed by atoms with Crippen molar-refractivity contribution in [2.75, 3.05) is 13.7 Å². The molecule has 0 bridgehead atoms. The third-order valence-electron chi connectivity index (χ3n) is 4.60. The Hall–Kier alpha value is -1.13. The Morgan fingerprint density at radius 2 is 2.37 bits per heavy atom. The van der Waals surface area contributed by atoms with Crippen LogP contribution in [0, 0.1) is 5.92 Å². The zero-order valence-electron chi connectivity index (χ0n) is 11.3. The number of hydrogen-bond donors (Lipinski definition) is 1. The summed E-state index contributed by atoms with van der Waals surface area (Å²) in [6.07, 6.45) is 8.29. The van der Waals surface area contributed by atoms with E-state index in [1.165, 1.54) is 6.42 Å². The van der Waals surface area contributed by atoms with Crippen molar-refractivity contribution in [3.05, 3.63) is 24.0 Å². The van der Waals surface area contributed by atoms with Crippen LogP contribution >= 0.6 is 0 Å². The molecule has 1 saturated heterocycles. The Bertz CT molecular complexity index is 445. The SMILES string of the molecule is COc1cnccc1C(O)C1CCOC2(CCC2)C1. The van der Waals surface area contributed by atoms with Crippen LogP contribution in [0.1, 0.15) is 43.8 Å². The molecule has 19 heavy (non-hydrogen) atoms. The maximum absolute atomic E-state index is 10.6. The molecule has 0 amide bonds. The number of pyridine rings is 1. The Balaban J connectivity index is 1.77. The molecule has 2 unspecified atom stereocenters. The fourth-order valence-electron chi connectivity index (χ4n) is 3.31. The van der Waals surface area contributed by atoms with Crippen molar-refractivity contribution in [1.82, 2.24) is 4.98 Å². The first-order chi connectivity index (χ1) is 9.24. The van der Waals surface area contributed by atoms with Crippen LogP contribution in [0.2, 0.25) is 0 Å². The van der Waals surface area contributed by atoms with Gasteiger partial charge >= 0.3 is 0 Å². The van der Waals surface area contributed by atoms with Gasteiger partial charge in [-0.3, -0.25) is 4.98 Å². The van der Waals surface area contributed by atoms with E-state index >= 15 is 0 Å². The summed E-state index contributed by atoms with van der Waals surface area (Å²) in [7, 11) is 1.62. The van der Waals surface area contributed by atoms with Crippen LogP contribution in [-0.2, 0) is 4.74 Å². The Morgan fingerprint density at radius 1 is 1.53 bits per heavy atom. The zero-order valence-corrected chi connectivity index (χ0v) is 11.3. The monoisotopic (exact) mass is 263 g/mol. The van der Waals surface area contributed by atoms with Gasteiger partial charge in [-0.25, -0.2) is 0 Å². The van der Waals surface area contributed by atoms with Gasteiger partial charge in [-0.2, -0.15) is 0 Å². The Morgan fingerprint density at radius 3 is 3.05 bits per heavy atom. The van der Waals surface area contributed by atoms with Crippen molar-refractivity contribution >= 4 is 0 Å². The van der Waals surface area contributed by atoms with Crippen LogP contribution in [0.5, 0.6) is 5.75 Å². The van der Waals surface area contributed by atoms with Gasteiger partial charge in [0.05, 0.1) is 25.0 Å². The molecule has 2 heterocycles. The summed E-state index contributed by atoms with van der Waals surface area (Å²) in [6.45, 7) is 0.759. The summed E-state index contributed by atoms with van der Waals surface area (Å²) in [5, 5.41) is 10.6. The molecule has 4 nitrogen and oxygen atoms in total. The van der Waals surface area contributed by atoms with Gasteiger partial charge in [-0.05, 0) is 44.1 Å². The minimum atomic E-state index is -0.487. The van der Waals surface area contributed by atoms with E-state index < -0.39 is 6.10 Å². The molecule has 1 spiro atoms. The van der Waals surface area contributed by atoms with E-state index in [0.717, 1.165) is 37.9 Å². The second kappa shape index (κ2) is 5.10. The average molecular weight is 263 g/mol. The van der Waals surface area contributed by atoms with Crippen molar-refractivity contribution in [1.29, 1.82) is 0 Å². The minimum absolute atomic E-state index is 0.0597. The third-order valence-corrected chi connectivity index (χ3v) is 4.60. The number of ether oxygens (including phenoxy) is 2. The second-order valence-corrected chi connectivity index (χ2v) is 5.70. The minimum Gasteiger partial charge on any atom is -0.495 e. The van der Waals surface area contributed by atoms with Gasteiger partial charge in [0.1, 0.15) is 5.75 Å². The number of aliphatic hydroxyl groups is 1. The first kappa shape index (κ1) is 12.9. The largest absolute Gasteiger partial charge is 0.495 e. The molecule has 1 aromatic rings. The van der Waals surface area contributed by atoms with Gasteiger partial charge < -0.3 is 14.6 Å². The van der Waals surface area contributed by atoms with Crippen LogP contribution in [0.4, 0.5) is 0 Å². The lowest BCUT2D eigenvalue weighted by Crippen LogP contribution is -2.46. The maximum atomic E-state index is 10.6. The summed E-state index contributed by atoms with van der Waals surface area (Å²) < 4.78 is 11.2. The topological polar surface area (TPSA) is 51.6 Å². The highest BCUT2D eigenvalue weighted by Crippen LogP contribution is 2.47. The summed E-state index contributed by atoms with van der Waals surface area (Å²) in [4.78, 5) is 4.04. The first-order valence-corrected chi connectivity index (χ1v) is 7.04. The van der Waals surface area contributed by atoms with E-state index in [2.05, 4.69) is 4.98 Å². The molecule has 4 heteroatoms.